The molecule has 0 spiro atoms. The van der Waals surface area contributed by atoms with Gasteiger partial charge in [0.15, 0.2) is 0 Å². The van der Waals surface area contributed by atoms with E-state index in [2.05, 4.69) is 33.9 Å². The Morgan fingerprint density at radius 3 is 1.67 bits per heavy atom. The predicted octanol–water partition coefficient (Wildman–Crippen LogP) is 0.822. The van der Waals surface area contributed by atoms with Gasteiger partial charge in [0.1, 0.15) is 30.2 Å². The molecule has 2 aromatic rings. The highest BCUT2D eigenvalue weighted by Gasteiger charge is 2.46. The van der Waals surface area contributed by atoms with Crippen LogP contribution in [0.25, 0.3) is 0 Å². The van der Waals surface area contributed by atoms with Gasteiger partial charge in [-0.1, -0.05) is 79.9 Å². The molecule has 1 aliphatic rings. The molecule has 64 heavy (non-hydrogen) atoms. The first-order chi connectivity index (χ1) is 30.3. The molecule has 0 aliphatic heterocycles. The fourth-order valence-electron chi connectivity index (χ4n) is 7.65. The third-order valence-corrected chi connectivity index (χ3v) is 11.2. The van der Waals surface area contributed by atoms with E-state index in [1.807, 2.05) is 0 Å². The van der Waals surface area contributed by atoms with Gasteiger partial charge < -0.3 is 47.4 Å². The average Bonchev–Trinajstić information content (AvgIpc) is 3.25. The lowest BCUT2D eigenvalue weighted by atomic mass is 9.72. The summed E-state index contributed by atoms with van der Waals surface area (Å²) in [6.45, 7) is 0.997. The molecule has 3 rings (SSSR count). The number of thiol groups is 1. The van der Waals surface area contributed by atoms with Gasteiger partial charge >= 0.3 is 23.9 Å². The Kier molecular flexibility index (Phi) is 20.9. The van der Waals surface area contributed by atoms with Crippen molar-refractivity contribution in [3.05, 3.63) is 71.8 Å². The Hall–Kier alpha value is -6.35. The van der Waals surface area contributed by atoms with Crippen molar-refractivity contribution in [3.63, 3.8) is 0 Å². The number of rotatable bonds is 25. The number of nitrogens with one attached hydrogen (secondary N) is 4. The molecule has 0 heterocycles. The highest BCUT2D eigenvalue weighted by atomic mass is 32.1. The van der Waals surface area contributed by atoms with Crippen molar-refractivity contribution < 1.29 is 68.4 Å². The number of hydrogen-bond donors (Lipinski definition) is 10. The highest BCUT2D eigenvalue weighted by molar-refractivity contribution is 7.80. The van der Waals surface area contributed by atoms with E-state index in [1.54, 1.807) is 60.7 Å². The van der Waals surface area contributed by atoms with E-state index < -0.39 is 134 Å². The lowest BCUT2D eigenvalue weighted by Gasteiger charge is -2.41. The summed E-state index contributed by atoms with van der Waals surface area (Å²) in [5.74, 6) is -13.7. The zero-order valence-corrected chi connectivity index (χ0v) is 36.1. The normalized spacial score (nSPS) is 15.9. The Balaban J connectivity index is 2.14. The first kappa shape index (κ1) is 52.0. The molecular weight excluding hydrogens is 857 g/mol. The maximum Gasteiger partial charge on any atom is 0.327 e. The minimum absolute atomic E-state index is 0.282. The van der Waals surface area contributed by atoms with Crippen LogP contribution in [0.4, 0.5) is 0 Å². The van der Waals surface area contributed by atoms with Gasteiger partial charge in [-0.05, 0) is 42.7 Å². The summed E-state index contributed by atoms with van der Waals surface area (Å²) in [5, 5.41) is 47.6. The number of aliphatic carboxylic acids is 4. The monoisotopic (exact) mass is 912 g/mol. The van der Waals surface area contributed by atoms with E-state index >= 15 is 0 Å². The Morgan fingerprint density at radius 2 is 1.16 bits per heavy atom. The number of benzene rings is 2. The zero-order valence-electron chi connectivity index (χ0n) is 35.2. The standard InChI is InChI=1S/C43H56N6O14S/c1-24(50)49(37(41(60)48-32(23-64)43(62)63)36(26-13-7-3-8-14-26)27-15-9-4-10-16-27)42(61)30(18-20-34(53)54)46-40(59)31(21-25-11-5-2-6-12-25)47-39(58)29(17-19-33(51)52)45-38(57)28(44)22-35(55)56/h2-3,5-8,11-14,27-32,36-37,64H,4,9-10,15-23,44H2,1H3,(H,45,57)(H,46,59)(H,47,58)(H,48,60)(H,51,52)(H,53,54)(H,55,56)(H,62,63)/t28-,29-,30-,31-,32-,36?,37-/m0/s1. The number of carbonyl (C=O) groups is 10. The molecule has 1 saturated carbocycles. The summed E-state index contributed by atoms with van der Waals surface area (Å²) in [6, 6.07) is 6.63. The number of hydrogen-bond acceptors (Lipinski definition) is 12. The molecule has 20 nitrogen and oxygen atoms in total. The number of amides is 6. The van der Waals surface area contributed by atoms with Gasteiger partial charge in [0.25, 0.3) is 5.91 Å². The van der Waals surface area contributed by atoms with Crippen molar-refractivity contribution >= 4 is 71.9 Å². The molecule has 1 fully saturated rings. The molecule has 0 saturated heterocycles. The van der Waals surface area contributed by atoms with E-state index in [1.165, 1.54) is 0 Å². The van der Waals surface area contributed by atoms with Crippen LogP contribution in [0.5, 0.6) is 0 Å². The van der Waals surface area contributed by atoms with Crippen molar-refractivity contribution in [2.24, 2.45) is 11.7 Å². The van der Waals surface area contributed by atoms with Gasteiger partial charge in [0, 0.05) is 37.9 Å². The van der Waals surface area contributed by atoms with Crippen molar-refractivity contribution in [2.75, 3.05) is 5.75 Å². The van der Waals surface area contributed by atoms with Gasteiger partial charge in [-0.15, -0.1) is 0 Å². The Labute approximate surface area is 374 Å². The fourth-order valence-corrected chi connectivity index (χ4v) is 7.89. The van der Waals surface area contributed by atoms with E-state index in [-0.39, 0.29) is 18.1 Å². The second kappa shape index (κ2) is 25.7. The van der Waals surface area contributed by atoms with Crippen LogP contribution in [0.1, 0.15) is 88.2 Å². The van der Waals surface area contributed by atoms with Crippen LogP contribution < -0.4 is 27.0 Å². The average molecular weight is 913 g/mol. The maximum atomic E-state index is 15.0. The lowest BCUT2D eigenvalue weighted by Crippen LogP contribution is -2.63. The number of imide groups is 1. The lowest BCUT2D eigenvalue weighted by molar-refractivity contribution is -0.155. The summed E-state index contributed by atoms with van der Waals surface area (Å²) in [4.78, 5) is 132. The number of nitrogens with two attached hydrogens (primary N) is 1. The van der Waals surface area contributed by atoms with Crippen LogP contribution in [0.2, 0.25) is 0 Å². The molecule has 1 aliphatic carbocycles. The summed E-state index contributed by atoms with van der Waals surface area (Å²) in [6.07, 6.45) is -0.0921. The number of nitrogens with zero attached hydrogens (tertiary/aromatic N) is 1. The fraction of sp³-hybridized carbons (Fsp3) is 0.488. The van der Waals surface area contributed by atoms with Gasteiger partial charge in [-0.2, -0.15) is 12.6 Å². The van der Waals surface area contributed by atoms with Crippen molar-refractivity contribution in [2.45, 2.75) is 120 Å². The number of carboxylic acid groups (broad SMARTS) is 4. The van der Waals surface area contributed by atoms with Gasteiger partial charge in [-0.25, -0.2) is 4.79 Å². The topological polar surface area (TPSA) is 329 Å². The second-order valence-electron chi connectivity index (χ2n) is 15.5. The molecule has 348 valence electrons. The van der Waals surface area contributed by atoms with Crippen molar-refractivity contribution in [1.29, 1.82) is 0 Å². The van der Waals surface area contributed by atoms with E-state index in [9.17, 15) is 63.3 Å². The minimum atomic E-state index is -1.85. The molecule has 1 unspecified atom stereocenters. The minimum Gasteiger partial charge on any atom is -0.481 e. The predicted molar refractivity (Wildman–Crippen MR) is 230 cm³/mol. The molecule has 10 N–H and O–H groups in total. The number of carboxylic acids is 4. The van der Waals surface area contributed by atoms with E-state index in [0.717, 1.165) is 26.2 Å². The zero-order chi connectivity index (χ0) is 47.5. The van der Waals surface area contributed by atoms with Crippen LogP contribution in [-0.2, 0) is 54.4 Å². The second-order valence-corrected chi connectivity index (χ2v) is 15.9. The van der Waals surface area contributed by atoms with E-state index in [0.29, 0.717) is 28.9 Å². The third kappa shape index (κ3) is 16.1. The molecule has 0 radical (unpaired) electrons. The Bertz CT molecular complexity index is 1980. The highest BCUT2D eigenvalue weighted by Crippen LogP contribution is 2.40. The van der Waals surface area contributed by atoms with Crippen molar-refractivity contribution in [1.82, 2.24) is 26.2 Å². The first-order valence-corrected chi connectivity index (χ1v) is 21.4. The van der Waals surface area contributed by atoms with Crippen LogP contribution in [0.3, 0.4) is 0 Å². The molecule has 0 aromatic heterocycles. The molecule has 2 aromatic carbocycles. The van der Waals surface area contributed by atoms with Crippen LogP contribution >= 0.6 is 12.6 Å². The van der Waals surface area contributed by atoms with Crippen LogP contribution in [0.15, 0.2) is 60.7 Å². The number of carbonyl (C=O) groups excluding carboxylic acids is 6. The summed E-state index contributed by atoms with van der Waals surface area (Å²) >= 11 is 4.07. The molecule has 6 amide bonds. The van der Waals surface area contributed by atoms with Gasteiger partial charge in [-0.3, -0.25) is 48.1 Å². The van der Waals surface area contributed by atoms with Crippen LogP contribution in [-0.4, -0.2) is 127 Å². The quantitative estimate of drug-likeness (QED) is 0.0617. The summed E-state index contributed by atoms with van der Waals surface area (Å²) in [7, 11) is 0. The molecule has 0 bridgehead atoms. The van der Waals surface area contributed by atoms with Crippen molar-refractivity contribution in [3.8, 4) is 0 Å². The van der Waals surface area contributed by atoms with E-state index in [4.69, 9.17) is 10.8 Å². The molecular formula is C43H56N6O14S. The first-order valence-electron chi connectivity index (χ1n) is 20.7. The summed E-state index contributed by atoms with van der Waals surface area (Å²) in [5.41, 5.74) is 6.68. The van der Waals surface area contributed by atoms with Gasteiger partial charge in [0.2, 0.25) is 29.5 Å². The smallest absolute Gasteiger partial charge is 0.327 e. The van der Waals surface area contributed by atoms with Crippen LogP contribution in [0, 0.1) is 5.92 Å². The SMILES string of the molecule is CC(=O)N(C(=O)[C@H](CCC(=O)O)NC(=O)[C@H](Cc1ccccc1)NC(=O)[C@H](CCC(=O)O)NC(=O)[C@@H](N)CC(=O)O)[C@H](C(=O)N[C@@H](CS)C(=O)O)C(c1ccccc1)C1CCCCC1. The Morgan fingerprint density at radius 1 is 0.656 bits per heavy atom. The maximum absolute atomic E-state index is 15.0. The summed E-state index contributed by atoms with van der Waals surface area (Å²) < 4.78 is 0. The molecule has 7 atom stereocenters. The largest absolute Gasteiger partial charge is 0.481 e. The van der Waals surface area contributed by atoms with Gasteiger partial charge in [0.05, 0.1) is 12.5 Å². The third-order valence-electron chi connectivity index (χ3n) is 10.8. The molecule has 21 heteroatoms.